The van der Waals surface area contributed by atoms with E-state index in [-0.39, 0.29) is 0 Å². The highest BCUT2D eigenvalue weighted by atomic mass is 79.9. The van der Waals surface area contributed by atoms with Crippen molar-refractivity contribution in [3.63, 3.8) is 0 Å². The summed E-state index contributed by atoms with van der Waals surface area (Å²) < 4.78 is 14.0. The maximum atomic E-state index is 5.45. The van der Waals surface area contributed by atoms with Gasteiger partial charge in [-0.05, 0) is 51.1 Å². The van der Waals surface area contributed by atoms with E-state index >= 15 is 0 Å². The molecule has 1 heterocycles. The summed E-state index contributed by atoms with van der Waals surface area (Å²) in [6.45, 7) is 1.85. The molecule has 1 aromatic carbocycles. The lowest BCUT2D eigenvalue weighted by Crippen LogP contribution is -1.99. The number of aromatic nitrogens is 3. The number of ether oxygens (including phenoxy) is 2. The Balaban J connectivity index is 2.49. The monoisotopic (exact) mass is 448 g/mol. The van der Waals surface area contributed by atoms with Gasteiger partial charge in [-0.3, -0.25) is 0 Å². The lowest BCUT2D eigenvalue weighted by molar-refractivity contribution is 0.387. The third-order valence-corrected chi connectivity index (χ3v) is 4.76. The zero-order chi connectivity index (χ0) is 16.3. The lowest BCUT2D eigenvalue weighted by Gasteiger charge is -2.13. The van der Waals surface area contributed by atoms with Gasteiger partial charge in [0.05, 0.1) is 24.9 Å². The third-order valence-electron chi connectivity index (χ3n) is 2.83. The minimum Gasteiger partial charge on any atom is -0.495 e. The summed E-state index contributed by atoms with van der Waals surface area (Å²) in [6, 6.07) is 1.88. The molecule has 1 aromatic heterocycles. The van der Waals surface area contributed by atoms with E-state index in [1.807, 2.05) is 19.2 Å². The van der Waals surface area contributed by atoms with Gasteiger partial charge in [0.25, 0.3) is 0 Å². The van der Waals surface area contributed by atoms with Crippen LogP contribution in [0.15, 0.2) is 25.3 Å². The van der Waals surface area contributed by atoms with Crippen molar-refractivity contribution in [3.8, 4) is 11.5 Å². The predicted molar refractivity (Wildman–Crippen MR) is 94.5 cm³/mol. The van der Waals surface area contributed by atoms with Gasteiger partial charge in [-0.25, -0.2) is 0 Å². The van der Waals surface area contributed by atoms with Crippen LogP contribution >= 0.6 is 43.6 Å². The van der Waals surface area contributed by atoms with Crippen molar-refractivity contribution in [2.24, 2.45) is 5.10 Å². The van der Waals surface area contributed by atoms with E-state index in [1.165, 1.54) is 11.8 Å². The third kappa shape index (κ3) is 3.31. The Labute approximate surface area is 149 Å². The van der Waals surface area contributed by atoms with Crippen molar-refractivity contribution in [3.05, 3.63) is 26.4 Å². The molecule has 0 N–H and O–H groups in total. The molecule has 6 nitrogen and oxygen atoms in total. The fourth-order valence-electron chi connectivity index (χ4n) is 1.81. The van der Waals surface area contributed by atoms with Crippen LogP contribution in [0.4, 0.5) is 0 Å². The zero-order valence-electron chi connectivity index (χ0n) is 12.4. The van der Waals surface area contributed by atoms with Crippen molar-refractivity contribution in [1.29, 1.82) is 0 Å². The molecule has 118 valence electrons. The van der Waals surface area contributed by atoms with Gasteiger partial charge < -0.3 is 9.47 Å². The van der Waals surface area contributed by atoms with Crippen LogP contribution in [0.1, 0.15) is 11.4 Å². The molecule has 0 unspecified atom stereocenters. The first-order chi connectivity index (χ1) is 10.5. The van der Waals surface area contributed by atoms with Crippen LogP contribution in [-0.2, 0) is 0 Å². The molecule has 22 heavy (non-hydrogen) atoms. The summed E-state index contributed by atoms with van der Waals surface area (Å²) in [5.74, 6) is 2.02. The number of nitrogens with zero attached hydrogens (tertiary/aromatic N) is 4. The standard InChI is InChI=1S/C13H14Br2N4O2S/c1-7-17-18-13(22-4)19(7)16-6-8-5-9(14)12(21-3)10(15)11(8)20-2/h5-6H,1-4H3/b16-6-. The van der Waals surface area contributed by atoms with Crippen molar-refractivity contribution in [2.45, 2.75) is 12.1 Å². The van der Waals surface area contributed by atoms with Crippen molar-refractivity contribution in [1.82, 2.24) is 14.9 Å². The van der Waals surface area contributed by atoms with Gasteiger partial charge in [0.1, 0.15) is 10.2 Å². The summed E-state index contributed by atoms with van der Waals surface area (Å²) in [7, 11) is 3.20. The largest absolute Gasteiger partial charge is 0.495 e. The van der Waals surface area contributed by atoms with Gasteiger partial charge in [0.2, 0.25) is 5.16 Å². The molecule has 0 saturated carbocycles. The molecule has 0 fully saturated rings. The van der Waals surface area contributed by atoms with Gasteiger partial charge in [-0.15, -0.1) is 10.2 Å². The summed E-state index contributed by atoms with van der Waals surface area (Å²) in [5.41, 5.74) is 0.794. The van der Waals surface area contributed by atoms with E-state index in [0.29, 0.717) is 17.3 Å². The van der Waals surface area contributed by atoms with Crippen LogP contribution in [0.5, 0.6) is 11.5 Å². The van der Waals surface area contributed by atoms with Crippen molar-refractivity contribution >= 4 is 49.8 Å². The van der Waals surface area contributed by atoms with Gasteiger partial charge >= 0.3 is 0 Å². The Kier molecular flexibility index (Phi) is 5.87. The summed E-state index contributed by atoms with van der Waals surface area (Å²) in [4.78, 5) is 0. The molecule has 0 aliphatic carbocycles. The van der Waals surface area contributed by atoms with Gasteiger partial charge in [-0.1, -0.05) is 11.8 Å². The average Bonchev–Trinajstić information content (AvgIpc) is 2.85. The highest BCUT2D eigenvalue weighted by Crippen LogP contribution is 2.42. The molecular formula is C13H14Br2N4O2S. The lowest BCUT2D eigenvalue weighted by atomic mass is 10.2. The number of rotatable bonds is 5. The van der Waals surface area contributed by atoms with E-state index in [2.05, 4.69) is 47.2 Å². The molecular weight excluding hydrogens is 436 g/mol. The molecule has 9 heteroatoms. The second-order valence-corrected chi connectivity index (χ2v) is 6.54. The molecule has 2 aromatic rings. The molecule has 0 aliphatic heterocycles. The van der Waals surface area contributed by atoms with Gasteiger partial charge in [-0.2, -0.15) is 9.78 Å². The molecule has 2 rings (SSSR count). The van der Waals surface area contributed by atoms with E-state index in [1.54, 1.807) is 25.1 Å². The Morgan fingerprint density at radius 2 is 1.91 bits per heavy atom. The summed E-state index contributed by atoms with van der Waals surface area (Å²) >= 11 is 8.44. The fourth-order valence-corrected chi connectivity index (χ4v) is 3.92. The second-order valence-electron chi connectivity index (χ2n) is 4.12. The van der Waals surface area contributed by atoms with Crippen molar-refractivity contribution in [2.75, 3.05) is 20.5 Å². The number of methoxy groups -OCH3 is 2. The molecule has 0 amide bonds. The Hall–Kier alpha value is -1.06. The smallest absolute Gasteiger partial charge is 0.211 e. The topological polar surface area (TPSA) is 61.5 Å². The summed E-state index contributed by atoms with van der Waals surface area (Å²) in [5, 5.41) is 13.2. The quantitative estimate of drug-likeness (QED) is 0.514. The van der Waals surface area contributed by atoms with E-state index in [0.717, 1.165) is 19.7 Å². The molecule has 0 atom stereocenters. The molecule has 0 radical (unpaired) electrons. The normalized spacial score (nSPS) is 11.2. The molecule has 0 spiro atoms. The average molecular weight is 450 g/mol. The predicted octanol–water partition coefficient (Wildman–Crippen LogP) is 3.73. The van der Waals surface area contributed by atoms with Crippen LogP contribution in [0.25, 0.3) is 0 Å². The van der Waals surface area contributed by atoms with Crippen molar-refractivity contribution < 1.29 is 9.47 Å². The Morgan fingerprint density at radius 3 is 2.50 bits per heavy atom. The first kappa shape index (κ1) is 17.3. The van der Waals surface area contributed by atoms with E-state index in [4.69, 9.17) is 9.47 Å². The minimum atomic E-state index is 0.639. The van der Waals surface area contributed by atoms with Gasteiger partial charge in [0.15, 0.2) is 11.6 Å². The first-order valence-corrected chi connectivity index (χ1v) is 8.94. The van der Waals surface area contributed by atoms with Crippen LogP contribution in [0.2, 0.25) is 0 Å². The van der Waals surface area contributed by atoms with Crippen LogP contribution < -0.4 is 9.47 Å². The Bertz CT molecular complexity index is 719. The van der Waals surface area contributed by atoms with Gasteiger partial charge in [0, 0.05) is 5.56 Å². The number of benzene rings is 1. The first-order valence-electron chi connectivity index (χ1n) is 6.13. The summed E-state index contributed by atoms with van der Waals surface area (Å²) in [6.07, 6.45) is 3.63. The van der Waals surface area contributed by atoms with Crippen LogP contribution in [0, 0.1) is 6.92 Å². The highest BCUT2D eigenvalue weighted by molar-refractivity contribution is 9.11. The number of aryl methyl sites for hydroxylation is 1. The molecule has 0 bridgehead atoms. The maximum Gasteiger partial charge on any atom is 0.211 e. The number of hydrogen-bond donors (Lipinski definition) is 0. The minimum absolute atomic E-state index is 0.639. The Morgan fingerprint density at radius 1 is 1.23 bits per heavy atom. The maximum absolute atomic E-state index is 5.45. The number of halogens is 2. The molecule has 0 aliphatic rings. The fraction of sp³-hybridized carbons (Fsp3) is 0.308. The molecule has 0 saturated heterocycles. The SMILES string of the molecule is COc1c(Br)cc(/C=N\n2c(C)nnc2SC)c(OC)c1Br. The highest BCUT2D eigenvalue weighted by Gasteiger charge is 2.16. The van der Waals surface area contributed by atoms with E-state index < -0.39 is 0 Å². The van der Waals surface area contributed by atoms with Crippen LogP contribution in [0.3, 0.4) is 0 Å². The number of hydrogen-bond acceptors (Lipinski definition) is 6. The number of thioether (sulfide) groups is 1. The van der Waals surface area contributed by atoms with Crippen LogP contribution in [-0.4, -0.2) is 41.6 Å². The second kappa shape index (κ2) is 7.47. The van der Waals surface area contributed by atoms with E-state index in [9.17, 15) is 0 Å². The zero-order valence-corrected chi connectivity index (χ0v) is 16.4.